The highest BCUT2D eigenvalue weighted by Crippen LogP contribution is 2.30. The van der Waals surface area contributed by atoms with Crippen LogP contribution in [0.2, 0.25) is 0 Å². The molecule has 108 valence electrons. The number of aryl methyl sites for hydroxylation is 1. The van der Waals surface area contributed by atoms with Crippen molar-refractivity contribution in [2.75, 3.05) is 13.7 Å². The van der Waals surface area contributed by atoms with E-state index in [4.69, 9.17) is 4.74 Å². The molecule has 0 unspecified atom stereocenters. The van der Waals surface area contributed by atoms with Gasteiger partial charge in [0, 0.05) is 30.9 Å². The fraction of sp³-hybridized carbons (Fsp3) is 0.438. The first kappa shape index (κ1) is 14.6. The van der Waals surface area contributed by atoms with E-state index in [2.05, 4.69) is 30.5 Å². The third kappa shape index (κ3) is 3.39. The third-order valence-electron chi connectivity index (χ3n) is 3.13. The molecule has 4 heteroatoms. The highest BCUT2D eigenvalue weighted by Gasteiger charge is 2.13. The van der Waals surface area contributed by atoms with Crippen LogP contribution in [0.25, 0.3) is 11.3 Å². The monoisotopic (exact) mass is 273 g/mol. The van der Waals surface area contributed by atoms with E-state index in [0.717, 1.165) is 30.1 Å². The van der Waals surface area contributed by atoms with Crippen molar-refractivity contribution in [2.45, 2.75) is 20.4 Å². The first-order chi connectivity index (χ1) is 9.61. The van der Waals surface area contributed by atoms with Crippen LogP contribution in [0, 0.1) is 5.92 Å². The number of aromatic nitrogens is 2. The summed E-state index contributed by atoms with van der Waals surface area (Å²) in [6, 6.07) is 8.00. The standard InChI is InChI=1S/C16H23N3O/c1-12(2)9-17-10-13-11-19(3)18-16(13)14-7-5-6-8-15(14)20-4/h5-8,11-12,17H,9-10H2,1-4H3. The zero-order valence-electron chi connectivity index (χ0n) is 12.7. The molecule has 1 aromatic heterocycles. The molecule has 0 atom stereocenters. The number of benzene rings is 1. The van der Waals surface area contributed by atoms with Gasteiger partial charge in [0.2, 0.25) is 0 Å². The zero-order chi connectivity index (χ0) is 14.5. The van der Waals surface area contributed by atoms with Gasteiger partial charge in [-0.15, -0.1) is 0 Å². The van der Waals surface area contributed by atoms with Gasteiger partial charge in [-0.1, -0.05) is 26.0 Å². The summed E-state index contributed by atoms with van der Waals surface area (Å²) in [6.45, 7) is 6.23. The van der Waals surface area contributed by atoms with Crippen LogP contribution in [0.1, 0.15) is 19.4 Å². The predicted octanol–water partition coefficient (Wildman–Crippen LogP) is 2.84. The molecular formula is C16H23N3O. The summed E-state index contributed by atoms with van der Waals surface area (Å²) in [4.78, 5) is 0. The Morgan fingerprint density at radius 2 is 2.05 bits per heavy atom. The molecule has 0 saturated heterocycles. The summed E-state index contributed by atoms with van der Waals surface area (Å²) in [5.41, 5.74) is 3.22. The van der Waals surface area contributed by atoms with Crippen molar-refractivity contribution in [3.05, 3.63) is 36.0 Å². The van der Waals surface area contributed by atoms with Crippen molar-refractivity contribution < 1.29 is 4.74 Å². The third-order valence-corrected chi connectivity index (χ3v) is 3.13. The Kier molecular flexibility index (Phi) is 4.79. The summed E-state index contributed by atoms with van der Waals surface area (Å²) < 4.78 is 7.29. The summed E-state index contributed by atoms with van der Waals surface area (Å²) in [6.07, 6.45) is 2.06. The number of methoxy groups -OCH3 is 1. The second-order valence-electron chi connectivity index (χ2n) is 5.40. The van der Waals surface area contributed by atoms with Crippen LogP contribution >= 0.6 is 0 Å². The van der Waals surface area contributed by atoms with E-state index in [0.29, 0.717) is 5.92 Å². The van der Waals surface area contributed by atoms with E-state index in [1.165, 1.54) is 5.56 Å². The lowest BCUT2D eigenvalue weighted by Crippen LogP contribution is -2.19. The maximum absolute atomic E-state index is 5.44. The highest BCUT2D eigenvalue weighted by atomic mass is 16.5. The molecule has 0 radical (unpaired) electrons. The number of hydrogen-bond acceptors (Lipinski definition) is 3. The molecule has 0 amide bonds. The van der Waals surface area contributed by atoms with Gasteiger partial charge in [0.1, 0.15) is 11.4 Å². The van der Waals surface area contributed by atoms with E-state index in [9.17, 15) is 0 Å². The van der Waals surface area contributed by atoms with E-state index < -0.39 is 0 Å². The summed E-state index contributed by atoms with van der Waals surface area (Å²) in [5, 5.41) is 8.05. The molecule has 0 saturated carbocycles. The molecule has 2 aromatic rings. The molecule has 1 heterocycles. The van der Waals surface area contributed by atoms with Gasteiger partial charge in [0.25, 0.3) is 0 Å². The Labute approximate surface area is 120 Å². The summed E-state index contributed by atoms with van der Waals surface area (Å²) >= 11 is 0. The highest BCUT2D eigenvalue weighted by molar-refractivity contribution is 5.69. The molecule has 4 nitrogen and oxygen atoms in total. The van der Waals surface area contributed by atoms with Crippen molar-refractivity contribution in [2.24, 2.45) is 13.0 Å². The van der Waals surface area contributed by atoms with Crippen molar-refractivity contribution in [1.82, 2.24) is 15.1 Å². The lowest BCUT2D eigenvalue weighted by atomic mass is 10.1. The van der Waals surface area contributed by atoms with E-state index in [1.807, 2.05) is 36.0 Å². The second-order valence-corrected chi connectivity index (χ2v) is 5.40. The topological polar surface area (TPSA) is 39.1 Å². The fourth-order valence-electron chi connectivity index (χ4n) is 2.23. The van der Waals surface area contributed by atoms with Crippen LogP contribution in [0.5, 0.6) is 5.75 Å². The number of rotatable bonds is 6. The van der Waals surface area contributed by atoms with Gasteiger partial charge in [0.15, 0.2) is 0 Å². The average molecular weight is 273 g/mol. The number of nitrogens with one attached hydrogen (secondary N) is 1. The van der Waals surface area contributed by atoms with Gasteiger partial charge >= 0.3 is 0 Å². The fourth-order valence-corrected chi connectivity index (χ4v) is 2.23. The van der Waals surface area contributed by atoms with Crippen LogP contribution in [0.4, 0.5) is 0 Å². The first-order valence-electron chi connectivity index (χ1n) is 6.98. The molecule has 1 N–H and O–H groups in total. The van der Waals surface area contributed by atoms with Crippen LogP contribution in [0.15, 0.2) is 30.5 Å². The van der Waals surface area contributed by atoms with Crippen LogP contribution in [-0.2, 0) is 13.6 Å². The van der Waals surface area contributed by atoms with Crippen molar-refractivity contribution in [3.8, 4) is 17.0 Å². The number of para-hydroxylation sites is 1. The summed E-state index contributed by atoms with van der Waals surface area (Å²) in [5.74, 6) is 1.50. The maximum Gasteiger partial charge on any atom is 0.128 e. The van der Waals surface area contributed by atoms with Gasteiger partial charge in [-0.3, -0.25) is 4.68 Å². The average Bonchev–Trinajstić information content (AvgIpc) is 2.79. The molecule has 20 heavy (non-hydrogen) atoms. The van der Waals surface area contributed by atoms with Gasteiger partial charge in [-0.05, 0) is 24.6 Å². The Bertz CT molecular complexity index is 561. The molecule has 2 rings (SSSR count). The maximum atomic E-state index is 5.44. The van der Waals surface area contributed by atoms with Crippen molar-refractivity contribution in [3.63, 3.8) is 0 Å². The van der Waals surface area contributed by atoms with E-state index >= 15 is 0 Å². The first-order valence-corrected chi connectivity index (χ1v) is 6.98. The second kappa shape index (κ2) is 6.57. The van der Waals surface area contributed by atoms with Gasteiger partial charge in [0.05, 0.1) is 7.11 Å². The molecule has 0 aliphatic carbocycles. The molecule has 0 fully saturated rings. The Morgan fingerprint density at radius 3 is 2.75 bits per heavy atom. The zero-order valence-corrected chi connectivity index (χ0v) is 12.7. The predicted molar refractivity (Wildman–Crippen MR) is 81.7 cm³/mol. The minimum absolute atomic E-state index is 0.640. The minimum atomic E-state index is 0.640. The largest absolute Gasteiger partial charge is 0.496 e. The quantitative estimate of drug-likeness (QED) is 0.879. The Balaban J connectivity index is 2.27. The van der Waals surface area contributed by atoms with Gasteiger partial charge < -0.3 is 10.1 Å². The lowest BCUT2D eigenvalue weighted by Gasteiger charge is -2.09. The molecule has 0 spiro atoms. The van der Waals surface area contributed by atoms with E-state index in [-0.39, 0.29) is 0 Å². The molecule has 0 aliphatic rings. The SMILES string of the molecule is COc1ccccc1-c1nn(C)cc1CNCC(C)C. The van der Waals surface area contributed by atoms with Gasteiger partial charge in [-0.25, -0.2) is 0 Å². The Morgan fingerprint density at radius 1 is 1.30 bits per heavy atom. The molecule has 0 bridgehead atoms. The molecular weight excluding hydrogens is 250 g/mol. The Hall–Kier alpha value is -1.81. The smallest absolute Gasteiger partial charge is 0.128 e. The van der Waals surface area contributed by atoms with Crippen LogP contribution in [0.3, 0.4) is 0 Å². The molecule has 0 aliphatic heterocycles. The van der Waals surface area contributed by atoms with Crippen molar-refractivity contribution in [1.29, 1.82) is 0 Å². The normalized spacial score (nSPS) is 11.1. The molecule has 1 aromatic carbocycles. The van der Waals surface area contributed by atoms with Crippen LogP contribution in [-0.4, -0.2) is 23.4 Å². The number of hydrogen-bond donors (Lipinski definition) is 1. The van der Waals surface area contributed by atoms with Crippen molar-refractivity contribution >= 4 is 0 Å². The summed E-state index contributed by atoms with van der Waals surface area (Å²) in [7, 11) is 3.64. The minimum Gasteiger partial charge on any atom is -0.496 e. The number of nitrogens with zero attached hydrogens (tertiary/aromatic N) is 2. The van der Waals surface area contributed by atoms with E-state index in [1.54, 1.807) is 7.11 Å². The van der Waals surface area contributed by atoms with Crippen LogP contribution < -0.4 is 10.1 Å². The van der Waals surface area contributed by atoms with Gasteiger partial charge in [-0.2, -0.15) is 5.10 Å². The number of ether oxygens (including phenoxy) is 1. The lowest BCUT2D eigenvalue weighted by molar-refractivity contribution is 0.416.